The Morgan fingerprint density at radius 1 is 1.00 bits per heavy atom. The summed E-state index contributed by atoms with van der Waals surface area (Å²) in [5.41, 5.74) is 7.83. The van der Waals surface area contributed by atoms with Gasteiger partial charge >= 0.3 is 0 Å². The Hall–Kier alpha value is -3.12. The predicted octanol–water partition coefficient (Wildman–Crippen LogP) is 4.87. The third kappa shape index (κ3) is 2.15. The second-order valence-electron chi connectivity index (χ2n) is 6.61. The fourth-order valence-electron chi connectivity index (χ4n) is 3.65. The van der Waals surface area contributed by atoms with Crippen LogP contribution in [0.1, 0.15) is 22.3 Å². The first kappa shape index (κ1) is 15.4. The van der Waals surface area contributed by atoms with E-state index < -0.39 is 0 Å². The van der Waals surface area contributed by atoms with E-state index in [1.807, 2.05) is 45.3 Å². The van der Waals surface area contributed by atoms with E-state index in [2.05, 4.69) is 35.8 Å². The summed E-state index contributed by atoms with van der Waals surface area (Å²) < 4.78 is 8.47. The highest BCUT2D eigenvalue weighted by atomic mass is 16.3. The number of aryl methyl sites for hydroxylation is 4. The Labute approximate surface area is 146 Å². The Balaban J connectivity index is 2.22. The van der Waals surface area contributed by atoms with Crippen molar-refractivity contribution in [2.24, 2.45) is 7.05 Å². The molecule has 0 radical (unpaired) electrons. The van der Waals surface area contributed by atoms with E-state index in [0.717, 1.165) is 44.3 Å². The van der Waals surface area contributed by atoms with Crippen molar-refractivity contribution >= 4 is 21.9 Å². The molecule has 0 bridgehead atoms. The standard InChI is InChI=1S/C22H19N2O/c1-13-8-9-17-20-15(3)16(12-23)11-14(2)21(20)25-22(17)19(13)18-7-5-6-10-24(18)4/h5-11H,1-4H3/q+1. The highest BCUT2D eigenvalue weighted by molar-refractivity contribution is 6.12. The van der Waals surface area contributed by atoms with Crippen molar-refractivity contribution in [3.05, 3.63) is 64.8 Å². The molecule has 2 aromatic heterocycles. The quantitative estimate of drug-likeness (QED) is 0.468. The van der Waals surface area contributed by atoms with Crippen LogP contribution < -0.4 is 4.57 Å². The maximum atomic E-state index is 9.44. The second kappa shape index (κ2) is 5.46. The minimum Gasteiger partial charge on any atom is -0.455 e. The molecule has 0 aliphatic carbocycles. The van der Waals surface area contributed by atoms with E-state index in [0.29, 0.717) is 5.56 Å². The number of nitriles is 1. The number of fused-ring (bicyclic) bond motifs is 3. The van der Waals surface area contributed by atoms with Gasteiger partial charge in [-0.3, -0.25) is 0 Å². The van der Waals surface area contributed by atoms with Crippen LogP contribution in [0.2, 0.25) is 0 Å². The third-order valence-electron chi connectivity index (χ3n) is 5.00. The molecule has 0 fully saturated rings. The van der Waals surface area contributed by atoms with Crippen LogP contribution in [0.5, 0.6) is 0 Å². The summed E-state index contributed by atoms with van der Waals surface area (Å²) in [7, 11) is 2.04. The number of rotatable bonds is 1. The van der Waals surface area contributed by atoms with Gasteiger partial charge in [0.25, 0.3) is 0 Å². The number of benzene rings is 2. The van der Waals surface area contributed by atoms with E-state index in [-0.39, 0.29) is 0 Å². The van der Waals surface area contributed by atoms with Gasteiger partial charge in [0.2, 0.25) is 5.69 Å². The normalized spacial score (nSPS) is 11.2. The number of aromatic nitrogens is 1. The van der Waals surface area contributed by atoms with Crippen molar-refractivity contribution < 1.29 is 8.98 Å². The Morgan fingerprint density at radius 2 is 1.80 bits per heavy atom. The molecular formula is C22H19N2O+. The number of hydrogen-bond donors (Lipinski definition) is 0. The van der Waals surface area contributed by atoms with Crippen LogP contribution in [0.3, 0.4) is 0 Å². The molecule has 4 rings (SSSR count). The zero-order chi connectivity index (χ0) is 17.7. The molecule has 0 aliphatic heterocycles. The highest BCUT2D eigenvalue weighted by Gasteiger charge is 2.22. The summed E-state index contributed by atoms with van der Waals surface area (Å²) >= 11 is 0. The maximum absolute atomic E-state index is 9.44. The van der Waals surface area contributed by atoms with Crippen molar-refractivity contribution in [1.82, 2.24) is 0 Å². The Kier molecular flexibility index (Phi) is 3.36. The minimum absolute atomic E-state index is 0.708. The summed E-state index contributed by atoms with van der Waals surface area (Å²) in [5, 5.41) is 11.6. The zero-order valence-electron chi connectivity index (χ0n) is 14.8. The summed E-state index contributed by atoms with van der Waals surface area (Å²) in [4.78, 5) is 0. The van der Waals surface area contributed by atoms with Crippen LogP contribution in [0, 0.1) is 32.1 Å². The molecule has 2 aromatic carbocycles. The SMILES string of the molecule is Cc1ccc2c(oc3c(C)cc(C#N)c(C)c32)c1-c1cccc[n+]1C. The Bertz CT molecular complexity index is 1190. The Morgan fingerprint density at radius 3 is 2.52 bits per heavy atom. The lowest BCUT2D eigenvalue weighted by Gasteiger charge is -2.05. The van der Waals surface area contributed by atoms with E-state index in [4.69, 9.17) is 4.42 Å². The number of hydrogen-bond acceptors (Lipinski definition) is 2. The van der Waals surface area contributed by atoms with Gasteiger partial charge in [-0.25, -0.2) is 4.57 Å². The van der Waals surface area contributed by atoms with E-state index >= 15 is 0 Å². The van der Waals surface area contributed by atoms with E-state index in [1.165, 1.54) is 5.56 Å². The van der Waals surface area contributed by atoms with Gasteiger partial charge in [-0.05, 0) is 49.6 Å². The molecular weight excluding hydrogens is 308 g/mol. The molecule has 0 amide bonds. The van der Waals surface area contributed by atoms with Gasteiger partial charge in [-0.2, -0.15) is 5.26 Å². The van der Waals surface area contributed by atoms with Crippen molar-refractivity contribution in [2.75, 3.05) is 0 Å². The molecule has 0 spiro atoms. The molecule has 2 heterocycles. The topological polar surface area (TPSA) is 40.8 Å². The van der Waals surface area contributed by atoms with Crippen LogP contribution in [0.25, 0.3) is 33.2 Å². The first-order chi connectivity index (χ1) is 12.0. The molecule has 3 nitrogen and oxygen atoms in total. The molecule has 4 aromatic rings. The first-order valence-electron chi connectivity index (χ1n) is 8.34. The smallest absolute Gasteiger partial charge is 0.216 e. The second-order valence-corrected chi connectivity index (χ2v) is 6.61. The summed E-state index contributed by atoms with van der Waals surface area (Å²) in [6, 6.07) is 14.6. The number of furan rings is 1. The molecule has 0 saturated carbocycles. The molecule has 25 heavy (non-hydrogen) atoms. The zero-order valence-corrected chi connectivity index (χ0v) is 14.8. The molecule has 0 unspecified atom stereocenters. The fourth-order valence-corrected chi connectivity index (χ4v) is 3.65. The number of nitrogens with zero attached hydrogens (tertiary/aromatic N) is 2. The van der Waals surface area contributed by atoms with Crippen molar-refractivity contribution in [3.8, 4) is 17.3 Å². The largest absolute Gasteiger partial charge is 0.455 e. The summed E-state index contributed by atoms with van der Waals surface area (Å²) in [6.45, 7) is 6.10. The lowest BCUT2D eigenvalue weighted by atomic mass is 9.96. The minimum atomic E-state index is 0.708. The summed E-state index contributed by atoms with van der Waals surface area (Å²) in [5.74, 6) is 0. The van der Waals surface area contributed by atoms with E-state index in [9.17, 15) is 5.26 Å². The van der Waals surface area contributed by atoms with Gasteiger partial charge in [0.15, 0.2) is 6.20 Å². The van der Waals surface area contributed by atoms with Crippen LogP contribution in [0.15, 0.2) is 47.0 Å². The molecule has 0 atom stereocenters. The highest BCUT2D eigenvalue weighted by Crippen LogP contribution is 2.40. The molecule has 0 saturated heterocycles. The molecule has 0 N–H and O–H groups in total. The van der Waals surface area contributed by atoms with Gasteiger partial charge in [0.1, 0.15) is 18.2 Å². The van der Waals surface area contributed by atoms with Crippen LogP contribution >= 0.6 is 0 Å². The fraction of sp³-hybridized carbons (Fsp3) is 0.182. The van der Waals surface area contributed by atoms with Crippen LogP contribution in [0.4, 0.5) is 0 Å². The number of pyridine rings is 1. The molecule has 3 heteroatoms. The van der Waals surface area contributed by atoms with Gasteiger partial charge in [-0.1, -0.05) is 12.1 Å². The van der Waals surface area contributed by atoms with Gasteiger partial charge in [0, 0.05) is 22.9 Å². The van der Waals surface area contributed by atoms with Crippen molar-refractivity contribution in [1.29, 1.82) is 5.26 Å². The first-order valence-corrected chi connectivity index (χ1v) is 8.34. The monoisotopic (exact) mass is 327 g/mol. The average Bonchev–Trinajstić information content (AvgIpc) is 2.99. The summed E-state index contributed by atoms with van der Waals surface area (Å²) in [6.07, 6.45) is 2.04. The lowest BCUT2D eigenvalue weighted by molar-refractivity contribution is -0.660. The van der Waals surface area contributed by atoms with Gasteiger partial charge in [0.05, 0.1) is 17.2 Å². The molecule has 122 valence electrons. The van der Waals surface area contributed by atoms with Gasteiger partial charge in [-0.15, -0.1) is 0 Å². The lowest BCUT2D eigenvalue weighted by Crippen LogP contribution is -2.30. The average molecular weight is 327 g/mol. The van der Waals surface area contributed by atoms with Crippen molar-refractivity contribution in [3.63, 3.8) is 0 Å². The maximum Gasteiger partial charge on any atom is 0.216 e. The van der Waals surface area contributed by atoms with Gasteiger partial charge < -0.3 is 4.42 Å². The van der Waals surface area contributed by atoms with Crippen LogP contribution in [-0.2, 0) is 7.05 Å². The predicted molar refractivity (Wildman–Crippen MR) is 99.3 cm³/mol. The van der Waals surface area contributed by atoms with E-state index in [1.54, 1.807) is 0 Å². The third-order valence-corrected chi connectivity index (χ3v) is 5.00. The molecule has 0 aliphatic rings. The van der Waals surface area contributed by atoms with Crippen LogP contribution in [-0.4, -0.2) is 0 Å². The van der Waals surface area contributed by atoms with Crippen molar-refractivity contribution in [2.45, 2.75) is 20.8 Å².